The van der Waals surface area contributed by atoms with Gasteiger partial charge < -0.3 is 5.73 Å². The monoisotopic (exact) mass is 300 g/mol. The minimum atomic E-state index is -4.31. The number of halogens is 3. The Morgan fingerprint density at radius 1 is 1.29 bits per heavy atom. The summed E-state index contributed by atoms with van der Waals surface area (Å²) in [5, 5.41) is 0. The lowest BCUT2D eigenvalue weighted by molar-refractivity contribution is -0.137. The maximum absolute atomic E-state index is 12.8. The predicted molar refractivity (Wildman–Crippen MR) is 77.8 cm³/mol. The molecular formula is C16H23F3N2. The molecular weight excluding hydrogens is 277 g/mol. The van der Waals surface area contributed by atoms with Gasteiger partial charge in [-0.05, 0) is 43.5 Å². The average Bonchev–Trinajstić information content (AvgIpc) is 2.92. The number of hydrogen-bond donors (Lipinski definition) is 1. The second kappa shape index (κ2) is 6.79. The molecule has 1 fully saturated rings. The SMILES string of the molecule is CN(CC1CCCC1)C(CN)c1cccc(C(F)(F)F)c1. The van der Waals surface area contributed by atoms with Crippen LogP contribution < -0.4 is 5.73 Å². The van der Waals surface area contributed by atoms with Crippen molar-refractivity contribution in [1.29, 1.82) is 0 Å². The van der Waals surface area contributed by atoms with Gasteiger partial charge in [0.1, 0.15) is 0 Å². The van der Waals surface area contributed by atoms with E-state index in [0.717, 1.165) is 12.6 Å². The summed E-state index contributed by atoms with van der Waals surface area (Å²) in [6.07, 6.45) is 0.637. The van der Waals surface area contributed by atoms with Crippen LogP contribution in [0.2, 0.25) is 0 Å². The van der Waals surface area contributed by atoms with Crippen molar-refractivity contribution in [2.45, 2.75) is 37.9 Å². The van der Waals surface area contributed by atoms with Crippen LogP contribution in [0, 0.1) is 5.92 Å². The fourth-order valence-electron chi connectivity index (χ4n) is 3.22. The van der Waals surface area contributed by atoms with E-state index in [2.05, 4.69) is 4.90 Å². The Morgan fingerprint density at radius 2 is 1.95 bits per heavy atom. The van der Waals surface area contributed by atoms with Crippen LogP contribution in [0.1, 0.15) is 42.9 Å². The molecule has 1 aliphatic carbocycles. The predicted octanol–water partition coefficient (Wildman–Crippen LogP) is 3.83. The van der Waals surface area contributed by atoms with Crippen molar-refractivity contribution in [3.05, 3.63) is 35.4 Å². The van der Waals surface area contributed by atoms with Gasteiger partial charge in [0, 0.05) is 19.1 Å². The topological polar surface area (TPSA) is 29.3 Å². The van der Waals surface area contributed by atoms with Crippen molar-refractivity contribution in [2.75, 3.05) is 20.1 Å². The van der Waals surface area contributed by atoms with Crippen molar-refractivity contribution in [3.63, 3.8) is 0 Å². The lowest BCUT2D eigenvalue weighted by Gasteiger charge is -2.30. The van der Waals surface area contributed by atoms with Crippen LogP contribution >= 0.6 is 0 Å². The van der Waals surface area contributed by atoms with Crippen molar-refractivity contribution in [1.82, 2.24) is 4.90 Å². The first-order valence-electron chi connectivity index (χ1n) is 7.49. The second-order valence-corrected chi connectivity index (χ2v) is 5.96. The zero-order valence-electron chi connectivity index (χ0n) is 12.4. The number of likely N-dealkylation sites (N-methyl/N-ethyl adjacent to an activating group) is 1. The molecule has 0 radical (unpaired) electrons. The first kappa shape index (κ1) is 16.3. The Hall–Kier alpha value is -1.07. The molecule has 1 aromatic rings. The van der Waals surface area contributed by atoms with Crippen molar-refractivity contribution in [3.8, 4) is 0 Å². The van der Waals surface area contributed by atoms with E-state index in [4.69, 9.17) is 5.73 Å². The molecule has 0 spiro atoms. The average molecular weight is 300 g/mol. The van der Waals surface area contributed by atoms with Gasteiger partial charge in [0.2, 0.25) is 0 Å². The molecule has 5 heteroatoms. The molecule has 0 amide bonds. The number of rotatable bonds is 5. The van der Waals surface area contributed by atoms with Crippen LogP contribution in [0.5, 0.6) is 0 Å². The van der Waals surface area contributed by atoms with E-state index in [0.29, 0.717) is 18.0 Å². The summed E-state index contributed by atoms with van der Waals surface area (Å²) in [5.41, 5.74) is 5.86. The first-order valence-corrected chi connectivity index (χ1v) is 7.49. The molecule has 1 aromatic carbocycles. The van der Waals surface area contributed by atoms with Gasteiger partial charge in [0.05, 0.1) is 5.56 Å². The summed E-state index contributed by atoms with van der Waals surface area (Å²) >= 11 is 0. The fourth-order valence-corrected chi connectivity index (χ4v) is 3.22. The third-order valence-corrected chi connectivity index (χ3v) is 4.37. The Labute approximate surface area is 124 Å². The maximum Gasteiger partial charge on any atom is 0.416 e. The number of nitrogens with two attached hydrogens (primary N) is 1. The Kier molecular flexibility index (Phi) is 5.27. The van der Waals surface area contributed by atoms with Crippen LogP contribution in [0.3, 0.4) is 0 Å². The molecule has 0 aromatic heterocycles. The lowest BCUT2D eigenvalue weighted by Crippen LogP contribution is -2.34. The Morgan fingerprint density at radius 3 is 2.52 bits per heavy atom. The minimum Gasteiger partial charge on any atom is -0.329 e. The highest BCUT2D eigenvalue weighted by Gasteiger charge is 2.31. The summed E-state index contributed by atoms with van der Waals surface area (Å²) in [6, 6.07) is 5.37. The highest BCUT2D eigenvalue weighted by atomic mass is 19.4. The Bertz CT molecular complexity index is 453. The van der Waals surface area contributed by atoms with E-state index < -0.39 is 11.7 Å². The largest absolute Gasteiger partial charge is 0.416 e. The lowest BCUT2D eigenvalue weighted by atomic mass is 10.0. The van der Waals surface area contributed by atoms with Gasteiger partial charge in [-0.1, -0.05) is 25.0 Å². The molecule has 1 saturated carbocycles. The van der Waals surface area contributed by atoms with Gasteiger partial charge in [-0.25, -0.2) is 0 Å². The molecule has 1 aliphatic rings. The van der Waals surface area contributed by atoms with Gasteiger partial charge in [0.15, 0.2) is 0 Å². The zero-order valence-corrected chi connectivity index (χ0v) is 12.4. The number of hydrogen-bond acceptors (Lipinski definition) is 2. The number of nitrogens with zero attached hydrogens (tertiary/aromatic N) is 1. The van der Waals surface area contributed by atoms with Crippen LogP contribution in [0.15, 0.2) is 24.3 Å². The van der Waals surface area contributed by atoms with Crippen LogP contribution in [-0.2, 0) is 6.18 Å². The minimum absolute atomic E-state index is 0.159. The summed E-state index contributed by atoms with van der Waals surface area (Å²) < 4.78 is 38.5. The van der Waals surface area contributed by atoms with E-state index in [9.17, 15) is 13.2 Å². The third kappa shape index (κ3) is 4.20. The molecule has 2 N–H and O–H groups in total. The maximum atomic E-state index is 12.8. The van der Waals surface area contributed by atoms with Crippen LogP contribution in [0.25, 0.3) is 0 Å². The van der Waals surface area contributed by atoms with Crippen molar-refractivity contribution < 1.29 is 13.2 Å². The van der Waals surface area contributed by atoms with Gasteiger partial charge in [-0.15, -0.1) is 0 Å². The normalized spacial score (nSPS) is 18.4. The molecule has 2 rings (SSSR count). The van der Waals surface area contributed by atoms with E-state index in [-0.39, 0.29) is 6.04 Å². The fraction of sp³-hybridized carbons (Fsp3) is 0.625. The highest BCUT2D eigenvalue weighted by molar-refractivity contribution is 5.28. The van der Waals surface area contributed by atoms with E-state index in [1.165, 1.54) is 37.8 Å². The van der Waals surface area contributed by atoms with Gasteiger partial charge in [-0.2, -0.15) is 13.2 Å². The molecule has 0 bridgehead atoms. The quantitative estimate of drug-likeness (QED) is 0.895. The van der Waals surface area contributed by atoms with Crippen molar-refractivity contribution in [2.24, 2.45) is 11.7 Å². The molecule has 1 unspecified atom stereocenters. The number of benzene rings is 1. The van der Waals surface area contributed by atoms with E-state index in [1.807, 2.05) is 7.05 Å². The first-order chi connectivity index (χ1) is 9.91. The molecule has 1 atom stereocenters. The summed E-state index contributed by atoms with van der Waals surface area (Å²) in [6.45, 7) is 1.22. The molecule has 0 heterocycles. The van der Waals surface area contributed by atoms with Crippen molar-refractivity contribution >= 4 is 0 Å². The molecule has 0 saturated heterocycles. The summed E-state index contributed by atoms with van der Waals surface area (Å²) in [5.74, 6) is 0.648. The number of alkyl halides is 3. The standard InChI is InChI=1S/C16H23F3N2/c1-21(11-12-5-2-3-6-12)15(10-20)13-7-4-8-14(9-13)16(17,18)19/h4,7-9,12,15H,2-3,5-6,10-11,20H2,1H3. The smallest absolute Gasteiger partial charge is 0.329 e. The van der Waals surface area contributed by atoms with Crippen LogP contribution in [-0.4, -0.2) is 25.0 Å². The Balaban J connectivity index is 2.12. The van der Waals surface area contributed by atoms with Gasteiger partial charge in [-0.3, -0.25) is 4.90 Å². The zero-order chi connectivity index (χ0) is 15.5. The molecule has 118 valence electrons. The van der Waals surface area contributed by atoms with E-state index >= 15 is 0 Å². The van der Waals surface area contributed by atoms with Gasteiger partial charge >= 0.3 is 6.18 Å². The van der Waals surface area contributed by atoms with Gasteiger partial charge in [0.25, 0.3) is 0 Å². The van der Waals surface area contributed by atoms with E-state index in [1.54, 1.807) is 6.07 Å². The molecule has 21 heavy (non-hydrogen) atoms. The molecule has 2 nitrogen and oxygen atoms in total. The second-order valence-electron chi connectivity index (χ2n) is 5.96. The van der Waals surface area contributed by atoms with Crippen LogP contribution in [0.4, 0.5) is 13.2 Å². The summed E-state index contributed by atoms with van der Waals surface area (Å²) in [7, 11) is 1.95. The molecule has 0 aliphatic heterocycles. The summed E-state index contributed by atoms with van der Waals surface area (Å²) in [4.78, 5) is 2.10. The third-order valence-electron chi connectivity index (χ3n) is 4.37. The highest BCUT2D eigenvalue weighted by Crippen LogP contribution is 2.32.